The van der Waals surface area contributed by atoms with Gasteiger partial charge in [-0.2, -0.15) is 0 Å². The van der Waals surface area contributed by atoms with E-state index in [0.29, 0.717) is 5.92 Å². The fraction of sp³-hybridized carbons (Fsp3) is 1.00. The molecule has 0 aromatic rings. The third-order valence-corrected chi connectivity index (χ3v) is 3.40. The van der Waals surface area contributed by atoms with Crippen molar-refractivity contribution in [1.82, 2.24) is 0 Å². The van der Waals surface area contributed by atoms with Crippen molar-refractivity contribution in [2.75, 3.05) is 6.67 Å². The Morgan fingerprint density at radius 3 is 2.15 bits per heavy atom. The lowest BCUT2D eigenvalue weighted by Gasteiger charge is -2.26. The molecule has 1 aliphatic rings. The van der Waals surface area contributed by atoms with E-state index in [2.05, 4.69) is 6.92 Å². The lowest BCUT2D eigenvalue weighted by atomic mass is 9.80. The molecule has 0 atom stereocenters. The molecular formula is C12H23F. The second-order valence-corrected chi connectivity index (χ2v) is 4.54. The first-order valence-corrected chi connectivity index (χ1v) is 5.92. The van der Waals surface area contributed by atoms with E-state index in [-0.39, 0.29) is 6.67 Å². The molecule has 1 aliphatic carbocycles. The van der Waals surface area contributed by atoms with Gasteiger partial charge in [0.2, 0.25) is 0 Å². The first kappa shape index (κ1) is 11.0. The molecule has 13 heavy (non-hydrogen) atoms. The molecule has 0 amide bonds. The minimum Gasteiger partial charge on any atom is -0.251 e. The lowest BCUT2D eigenvalue weighted by Crippen LogP contribution is -2.15. The van der Waals surface area contributed by atoms with Gasteiger partial charge < -0.3 is 0 Å². The second kappa shape index (κ2) is 6.39. The molecule has 1 rings (SSSR count). The molecule has 78 valence electrons. The normalized spacial score (nSPS) is 29.1. The van der Waals surface area contributed by atoms with Crippen molar-refractivity contribution in [3.05, 3.63) is 0 Å². The van der Waals surface area contributed by atoms with Crippen molar-refractivity contribution in [2.24, 2.45) is 11.8 Å². The Bertz CT molecular complexity index is 112. The van der Waals surface area contributed by atoms with Gasteiger partial charge in [0.15, 0.2) is 0 Å². The van der Waals surface area contributed by atoms with Crippen molar-refractivity contribution in [3.8, 4) is 0 Å². The first-order valence-electron chi connectivity index (χ1n) is 5.92. The van der Waals surface area contributed by atoms with E-state index >= 15 is 0 Å². The zero-order chi connectivity index (χ0) is 9.52. The van der Waals surface area contributed by atoms with Gasteiger partial charge in [0.05, 0.1) is 6.67 Å². The Morgan fingerprint density at radius 1 is 1.00 bits per heavy atom. The van der Waals surface area contributed by atoms with Gasteiger partial charge in [-0.1, -0.05) is 45.4 Å². The predicted molar refractivity (Wildman–Crippen MR) is 55.6 cm³/mol. The number of rotatable bonds is 5. The van der Waals surface area contributed by atoms with Gasteiger partial charge in [0.25, 0.3) is 0 Å². The Labute approximate surface area is 81.9 Å². The summed E-state index contributed by atoms with van der Waals surface area (Å²) in [5.41, 5.74) is 0. The Kier molecular flexibility index (Phi) is 5.41. The smallest absolute Gasteiger partial charge is 0.0922 e. The quantitative estimate of drug-likeness (QED) is 0.560. The Balaban J connectivity index is 2.03. The van der Waals surface area contributed by atoms with E-state index in [4.69, 9.17) is 0 Å². The average Bonchev–Trinajstić information content (AvgIpc) is 2.19. The lowest BCUT2D eigenvalue weighted by molar-refractivity contribution is 0.221. The summed E-state index contributed by atoms with van der Waals surface area (Å²) in [6.07, 6.45) is 10.4. The van der Waals surface area contributed by atoms with Crippen LogP contribution in [0, 0.1) is 11.8 Å². The summed E-state index contributed by atoms with van der Waals surface area (Å²) in [5.74, 6) is 1.33. The summed E-state index contributed by atoms with van der Waals surface area (Å²) in [6.45, 7) is 2.17. The van der Waals surface area contributed by atoms with Gasteiger partial charge in [0, 0.05) is 0 Å². The summed E-state index contributed by atoms with van der Waals surface area (Å²) in [5, 5.41) is 0. The van der Waals surface area contributed by atoms with Crippen LogP contribution in [-0.4, -0.2) is 6.67 Å². The molecule has 1 fully saturated rings. The van der Waals surface area contributed by atoms with Crippen molar-refractivity contribution >= 4 is 0 Å². The van der Waals surface area contributed by atoms with Crippen molar-refractivity contribution in [2.45, 2.75) is 58.3 Å². The fourth-order valence-corrected chi connectivity index (χ4v) is 2.36. The van der Waals surface area contributed by atoms with Crippen LogP contribution in [0.1, 0.15) is 58.3 Å². The highest BCUT2D eigenvalue weighted by Gasteiger charge is 2.20. The van der Waals surface area contributed by atoms with Crippen LogP contribution in [0.25, 0.3) is 0 Å². The maximum Gasteiger partial charge on any atom is 0.0922 e. The van der Waals surface area contributed by atoms with Crippen molar-refractivity contribution in [3.63, 3.8) is 0 Å². The third-order valence-electron chi connectivity index (χ3n) is 3.40. The minimum absolute atomic E-state index is 0.0817. The van der Waals surface area contributed by atoms with E-state index in [0.717, 1.165) is 18.8 Å². The van der Waals surface area contributed by atoms with Gasteiger partial charge in [-0.3, -0.25) is 4.39 Å². The molecule has 0 spiro atoms. The van der Waals surface area contributed by atoms with E-state index in [9.17, 15) is 4.39 Å². The van der Waals surface area contributed by atoms with E-state index < -0.39 is 0 Å². The fourth-order valence-electron chi connectivity index (χ4n) is 2.36. The van der Waals surface area contributed by atoms with Crippen LogP contribution in [0.5, 0.6) is 0 Å². The van der Waals surface area contributed by atoms with Crippen LogP contribution in [0.2, 0.25) is 0 Å². The molecule has 0 nitrogen and oxygen atoms in total. The first-order chi connectivity index (χ1) is 6.36. The van der Waals surface area contributed by atoms with E-state index in [1.807, 2.05) is 0 Å². The van der Waals surface area contributed by atoms with Crippen LogP contribution in [0.3, 0.4) is 0 Å². The largest absolute Gasteiger partial charge is 0.251 e. The minimum atomic E-state index is -0.0817. The average molecular weight is 186 g/mol. The van der Waals surface area contributed by atoms with Crippen LogP contribution in [0.4, 0.5) is 4.39 Å². The molecule has 1 heteroatoms. The monoisotopic (exact) mass is 186 g/mol. The predicted octanol–water partition coefficient (Wildman–Crippen LogP) is 4.34. The molecule has 0 heterocycles. The molecule has 0 saturated heterocycles. The topological polar surface area (TPSA) is 0 Å². The molecule has 0 unspecified atom stereocenters. The molecule has 0 aromatic heterocycles. The highest BCUT2D eigenvalue weighted by Crippen LogP contribution is 2.31. The molecule has 0 aromatic carbocycles. The van der Waals surface area contributed by atoms with E-state index in [1.54, 1.807) is 0 Å². The number of halogens is 1. The van der Waals surface area contributed by atoms with Gasteiger partial charge in [0.1, 0.15) is 0 Å². The third kappa shape index (κ3) is 4.10. The molecule has 0 N–H and O–H groups in total. The van der Waals surface area contributed by atoms with Crippen LogP contribution in [0.15, 0.2) is 0 Å². The van der Waals surface area contributed by atoms with Crippen LogP contribution < -0.4 is 0 Å². The van der Waals surface area contributed by atoms with Crippen LogP contribution in [-0.2, 0) is 0 Å². The number of unbranched alkanes of at least 4 members (excludes halogenated alkanes) is 2. The van der Waals surface area contributed by atoms with Gasteiger partial charge >= 0.3 is 0 Å². The number of hydrogen-bond acceptors (Lipinski definition) is 0. The van der Waals surface area contributed by atoms with Crippen molar-refractivity contribution < 1.29 is 4.39 Å². The van der Waals surface area contributed by atoms with E-state index in [1.165, 1.54) is 38.5 Å². The second-order valence-electron chi connectivity index (χ2n) is 4.54. The van der Waals surface area contributed by atoms with Gasteiger partial charge in [-0.25, -0.2) is 0 Å². The highest BCUT2D eigenvalue weighted by atomic mass is 19.1. The van der Waals surface area contributed by atoms with Gasteiger partial charge in [-0.05, 0) is 24.7 Å². The summed E-state index contributed by atoms with van der Waals surface area (Å²) in [6, 6.07) is 0. The highest BCUT2D eigenvalue weighted by molar-refractivity contribution is 4.71. The Morgan fingerprint density at radius 2 is 1.62 bits per heavy atom. The summed E-state index contributed by atoms with van der Waals surface area (Å²) >= 11 is 0. The molecule has 0 aliphatic heterocycles. The molecule has 0 radical (unpaired) electrons. The number of hydrogen-bond donors (Lipinski definition) is 0. The molecule has 1 saturated carbocycles. The SMILES string of the molecule is CCCCCC1CCC(CF)CC1. The molecular weight excluding hydrogens is 163 g/mol. The summed E-state index contributed by atoms with van der Waals surface area (Å²) in [7, 11) is 0. The summed E-state index contributed by atoms with van der Waals surface area (Å²) < 4.78 is 12.3. The maximum absolute atomic E-state index is 12.3. The zero-order valence-electron chi connectivity index (χ0n) is 8.90. The summed E-state index contributed by atoms with van der Waals surface area (Å²) in [4.78, 5) is 0. The zero-order valence-corrected chi connectivity index (χ0v) is 8.90. The standard InChI is InChI=1S/C12H23F/c1-2-3-4-5-11-6-8-12(10-13)9-7-11/h11-12H,2-10H2,1H3. The van der Waals surface area contributed by atoms with Gasteiger partial charge in [-0.15, -0.1) is 0 Å². The number of alkyl halides is 1. The van der Waals surface area contributed by atoms with Crippen LogP contribution >= 0.6 is 0 Å². The van der Waals surface area contributed by atoms with Crippen molar-refractivity contribution in [1.29, 1.82) is 0 Å². The Hall–Kier alpha value is -0.0700. The maximum atomic E-state index is 12.3. The molecule has 0 bridgehead atoms.